The van der Waals surface area contributed by atoms with Crippen molar-refractivity contribution in [1.29, 1.82) is 0 Å². The molecule has 1 saturated heterocycles. The fraction of sp³-hybridized carbons (Fsp3) is 0.571. The molecule has 31 heavy (non-hydrogen) atoms. The van der Waals surface area contributed by atoms with Crippen LogP contribution in [0, 0.1) is 0 Å². The lowest BCUT2D eigenvalue weighted by Crippen LogP contribution is -2.52. The first kappa shape index (κ1) is 23.1. The SMILES string of the molecule is CCNC(=NCC(O)c1cc(OC)ccc1OC)N1CCN(c2nc(CC)ns2)CC1. The van der Waals surface area contributed by atoms with E-state index in [-0.39, 0.29) is 6.54 Å². The van der Waals surface area contributed by atoms with Crippen molar-refractivity contribution in [2.45, 2.75) is 26.4 Å². The van der Waals surface area contributed by atoms with Crippen molar-refractivity contribution < 1.29 is 14.6 Å². The molecule has 1 aliphatic heterocycles. The lowest BCUT2D eigenvalue weighted by Gasteiger charge is -2.36. The molecule has 9 nitrogen and oxygen atoms in total. The van der Waals surface area contributed by atoms with Gasteiger partial charge < -0.3 is 29.7 Å². The normalized spacial score (nSPS) is 15.7. The van der Waals surface area contributed by atoms with Crippen LogP contribution in [-0.2, 0) is 6.42 Å². The van der Waals surface area contributed by atoms with Gasteiger partial charge in [-0.15, -0.1) is 0 Å². The summed E-state index contributed by atoms with van der Waals surface area (Å²) in [5.74, 6) is 2.99. The lowest BCUT2D eigenvalue weighted by molar-refractivity contribution is 0.181. The van der Waals surface area contributed by atoms with Crippen LogP contribution < -0.4 is 19.7 Å². The molecule has 10 heteroatoms. The molecule has 0 spiro atoms. The molecule has 1 atom stereocenters. The molecule has 1 fully saturated rings. The first-order chi connectivity index (χ1) is 15.1. The largest absolute Gasteiger partial charge is 0.497 e. The highest BCUT2D eigenvalue weighted by atomic mass is 32.1. The molecule has 2 heterocycles. The maximum Gasteiger partial charge on any atom is 0.205 e. The molecule has 170 valence electrons. The zero-order valence-electron chi connectivity index (χ0n) is 18.7. The Balaban J connectivity index is 1.65. The van der Waals surface area contributed by atoms with E-state index in [1.54, 1.807) is 26.4 Å². The zero-order valence-corrected chi connectivity index (χ0v) is 19.5. The molecule has 1 aromatic carbocycles. The highest BCUT2D eigenvalue weighted by Crippen LogP contribution is 2.29. The smallest absolute Gasteiger partial charge is 0.205 e. The van der Waals surface area contributed by atoms with Crippen molar-refractivity contribution in [2.75, 3.05) is 58.4 Å². The predicted octanol–water partition coefficient (Wildman–Crippen LogP) is 1.94. The van der Waals surface area contributed by atoms with E-state index in [1.165, 1.54) is 11.5 Å². The number of piperazine rings is 1. The summed E-state index contributed by atoms with van der Waals surface area (Å²) in [7, 11) is 3.19. The minimum Gasteiger partial charge on any atom is -0.497 e. The van der Waals surface area contributed by atoms with E-state index < -0.39 is 6.10 Å². The number of benzene rings is 1. The fourth-order valence-corrected chi connectivity index (χ4v) is 4.22. The minimum atomic E-state index is -0.797. The molecule has 0 bridgehead atoms. The van der Waals surface area contributed by atoms with Gasteiger partial charge in [0.2, 0.25) is 5.13 Å². The summed E-state index contributed by atoms with van der Waals surface area (Å²) in [6.45, 7) is 8.45. The number of aliphatic hydroxyl groups excluding tert-OH is 1. The van der Waals surface area contributed by atoms with E-state index in [0.717, 1.165) is 56.1 Å². The van der Waals surface area contributed by atoms with Crippen LogP contribution in [0.3, 0.4) is 0 Å². The third kappa shape index (κ3) is 5.76. The second-order valence-electron chi connectivity index (χ2n) is 7.14. The number of nitrogens with one attached hydrogen (secondary N) is 1. The lowest BCUT2D eigenvalue weighted by atomic mass is 10.1. The number of aromatic nitrogens is 2. The van der Waals surface area contributed by atoms with Crippen LogP contribution in [0.1, 0.15) is 31.3 Å². The van der Waals surface area contributed by atoms with E-state index in [2.05, 4.69) is 31.4 Å². The zero-order chi connectivity index (χ0) is 22.2. The quantitative estimate of drug-likeness (QED) is 0.467. The Bertz CT molecular complexity index is 867. The second-order valence-corrected chi connectivity index (χ2v) is 7.87. The molecular weight excluding hydrogens is 416 g/mol. The maximum atomic E-state index is 10.8. The second kappa shape index (κ2) is 11.1. The Hall–Kier alpha value is -2.59. The Morgan fingerprint density at radius 1 is 1.23 bits per heavy atom. The topological polar surface area (TPSA) is 95.3 Å². The summed E-state index contributed by atoms with van der Waals surface area (Å²) in [6.07, 6.45) is 0.0579. The van der Waals surface area contributed by atoms with E-state index >= 15 is 0 Å². The number of hydrogen-bond acceptors (Lipinski definition) is 8. The fourth-order valence-electron chi connectivity index (χ4n) is 3.42. The van der Waals surface area contributed by atoms with Crippen LogP contribution in [0.15, 0.2) is 23.2 Å². The third-order valence-electron chi connectivity index (χ3n) is 5.17. The monoisotopic (exact) mass is 448 g/mol. The van der Waals surface area contributed by atoms with Gasteiger partial charge in [0.1, 0.15) is 23.4 Å². The van der Waals surface area contributed by atoms with Gasteiger partial charge in [-0.1, -0.05) is 6.92 Å². The van der Waals surface area contributed by atoms with Gasteiger partial charge in [0.15, 0.2) is 5.96 Å². The Kier molecular flexibility index (Phi) is 8.30. The van der Waals surface area contributed by atoms with E-state index in [4.69, 9.17) is 14.5 Å². The molecule has 1 aromatic heterocycles. The first-order valence-corrected chi connectivity index (χ1v) is 11.4. The van der Waals surface area contributed by atoms with Gasteiger partial charge in [-0.3, -0.25) is 4.99 Å². The summed E-state index contributed by atoms with van der Waals surface area (Å²) in [5.41, 5.74) is 0.661. The van der Waals surface area contributed by atoms with Crippen molar-refractivity contribution in [2.24, 2.45) is 4.99 Å². The van der Waals surface area contributed by atoms with Crippen LogP contribution in [0.2, 0.25) is 0 Å². The summed E-state index contributed by atoms with van der Waals surface area (Å²) in [6, 6.07) is 5.39. The summed E-state index contributed by atoms with van der Waals surface area (Å²) < 4.78 is 15.1. The summed E-state index contributed by atoms with van der Waals surface area (Å²) in [5, 5.41) is 15.1. The molecule has 0 radical (unpaired) electrons. The highest BCUT2D eigenvalue weighted by molar-refractivity contribution is 7.09. The number of ether oxygens (including phenoxy) is 2. The van der Waals surface area contributed by atoms with Gasteiger partial charge in [0.05, 0.1) is 20.8 Å². The number of aryl methyl sites for hydroxylation is 1. The molecule has 3 rings (SSSR count). The standard InChI is InChI=1S/C21H32N6O3S/c1-5-19-24-21(31-25-19)27-11-9-26(10-12-27)20(22-6-2)23-14-17(28)16-13-15(29-3)7-8-18(16)30-4/h7-8,13,17,28H,5-6,9-12,14H2,1-4H3,(H,22,23). The van der Waals surface area contributed by atoms with E-state index in [9.17, 15) is 5.11 Å². The van der Waals surface area contributed by atoms with Crippen LogP contribution in [0.4, 0.5) is 5.13 Å². The average Bonchev–Trinajstić information content (AvgIpc) is 3.30. The Labute approximate surface area is 187 Å². The van der Waals surface area contributed by atoms with Crippen LogP contribution >= 0.6 is 11.5 Å². The van der Waals surface area contributed by atoms with E-state index in [0.29, 0.717) is 17.1 Å². The van der Waals surface area contributed by atoms with Crippen LogP contribution in [-0.4, -0.2) is 78.8 Å². The highest BCUT2D eigenvalue weighted by Gasteiger charge is 2.23. The number of hydrogen-bond donors (Lipinski definition) is 2. The molecule has 0 aliphatic carbocycles. The van der Waals surface area contributed by atoms with Gasteiger partial charge in [-0.2, -0.15) is 4.37 Å². The molecule has 2 aromatic rings. The Morgan fingerprint density at radius 2 is 2.00 bits per heavy atom. The molecule has 1 aliphatic rings. The van der Waals surface area contributed by atoms with Crippen LogP contribution in [0.5, 0.6) is 11.5 Å². The predicted molar refractivity (Wildman–Crippen MR) is 124 cm³/mol. The van der Waals surface area contributed by atoms with Gasteiger partial charge in [0.25, 0.3) is 0 Å². The van der Waals surface area contributed by atoms with Crippen LogP contribution in [0.25, 0.3) is 0 Å². The molecule has 0 amide bonds. The number of nitrogens with zero attached hydrogens (tertiary/aromatic N) is 5. The number of guanidine groups is 1. The maximum absolute atomic E-state index is 10.8. The Morgan fingerprint density at radius 3 is 2.61 bits per heavy atom. The van der Waals surface area contributed by atoms with Gasteiger partial charge >= 0.3 is 0 Å². The first-order valence-electron chi connectivity index (χ1n) is 10.6. The van der Waals surface area contributed by atoms with Crippen molar-refractivity contribution in [3.8, 4) is 11.5 Å². The van der Waals surface area contributed by atoms with Gasteiger partial charge in [0, 0.05) is 56.2 Å². The number of methoxy groups -OCH3 is 2. The van der Waals surface area contributed by atoms with Crippen molar-refractivity contribution in [3.63, 3.8) is 0 Å². The van der Waals surface area contributed by atoms with Gasteiger partial charge in [-0.05, 0) is 25.1 Å². The van der Waals surface area contributed by atoms with Gasteiger partial charge in [-0.25, -0.2) is 4.98 Å². The van der Waals surface area contributed by atoms with Crippen molar-refractivity contribution >= 4 is 22.6 Å². The van der Waals surface area contributed by atoms with Crippen molar-refractivity contribution in [3.05, 3.63) is 29.6 Å². The minimum absolute atomic E-state index is 0.225. The number of rotatable bonds is 8. The van der Waals surface area contributed by atoms with Crippen molar-refractivity contribution in [1.82, 2.24) is 19.6 Å². The number of anilines is 1. The van der Waals surface area contributed by atoms with E-state index in [1.807, 2.05) is 13.0 Å². The third-order valence-corrected chi connectivity index (χ3v) is 5.98. The summed E-state index contributed by atoms with van der Waals surface area (Å²) >= 11 is 1.46. The molecule has 0 saturated carbocycles. The number of aliphatic hydroxyl groups is 1. The average molecular weight is 449 g/mol. The molecule has 2 N–H and O–H groups in total. The molecule has 1 unspecified atom stereocenters. The molecular formula is C21H32N6O3S. The summed E-state index contributed by atoms with van der Waals surface area (Å²) in [4.78, 5) is 13.8. The number of aliphatic imine (C=N–C) groups is 1.